The number of aromatic nitrogens is 1. The molecule has 0 aliphatic carbocycles. The Bertz CT molecular complexity index is 276. The number of hydrogen-bond donors (Lipinski definition) is 3. The predicted octanol–water partition coefficient (Wildman–Crippen LogP) is 0.730. The van der Waals surface area contributed by atoms with E-state index in [0.29, 0.717) is 18.8 Å². The molecule has 0 spiro atoms. The molecule has 0 fully saturated rings. The van der Waals surface area contributed by atoms with Gasteiger partial charge in [0.2, 0.25) is 0 Å². The van der Waals surface area contributed by atoms with Crippen molar-refractivity contribution in [1.82, 2.24) is 10.3 Å². The number of H-pyrrole nitrogens is 1. The van der Waals surface area contributed by atoms with Gasteiger partial charge in [0.05, 0.1) is 0 Å². The molecule has 1 amide bonds. The van der Waals surface area contributed by atoms with E-state index in [1.54, 1.807) is 12.3 Å². The molecule has 13 heavy (non-hydrogen) atoms. The maximum absolute atomic E-state index is 11.2. The summed E-state index contributed by atoms with van der Waals surface area (Å²) in [5.74, 6) is -0.108. The highest BCUT2D eigenvalue weighted by molar-refractivity contribution is 14.1. The first-order valence-electron chi connectivity index (χ1n) is 3.56. The summed E-state index contributed by atoms with van der Waals surface area (Å²) in [5, 5.41) is 2.66. The summed E-state index contributed by atoms with van der Waals surface area (Å²) >= 11 is 2.14. The second kappa shape index (κ2) is 6.22. The zero-order chi connectivity index (χ0) is 8.97. The van der Waals surface area contributed by atoms with Gasteiger partial charge < -0.3 is 16.0 Å². The number of nitrogens with two attached hydrogens (primary N) is 1. The normalized spacial score (nSPS) is 9.08. The van der Waals surface area contributed by atoms with E-state index in [4.69, 9.17) is 5.73 Å². The Balaban J connectivity index is 0.00000144. The first-order chi connectivity index (χ1) is 5.74. The number of aromatic amines is 1. The van der Waals surface area contributed by atoms with E-state index >= 15 is 0 Å². The minimum atomic E-state index is -0.108. The van der Waals surface area contributed by atoms with Crippen LogP contribution in [-0.2, 0) is 0 Å². The molecule has 0 unspecified atom stereocenters. The molecule has 4 N–H and O–H groups in total. The van der Waals surface area contributed by atoms with Crippen molar-refractivity contribution in [3.63, 3.8) is 0 Å². The lowest BCUT2D eigenvalue weighted by atomic mass is 10.4. The molecule has 0 atom stereocenters. The number of hydrogen-bond acceptors (Lipinski definition) is 2. The third kappa shape index (κ3) is 3.97. The van der Waals surface area contributed by atoms with Gasteiger partial charge in [-0.05, 0) is 28.7 Å². The fourth-order valence-corrected chi connectivity index (χ4v) is 1.25. The van der Waals surface area contributed by atoms with Crippen molar-refractivity contribution < 1.29 is 4.79 Å². The van der Waals surface area contributed by atoms with Crippen LogP contribution in [0.15, 0.2) is 12.3 Å². The first-order valence-corrected chi connectivity index (χ1v) is 4.64. The van der Waals surface area contributed by atoms with Crippen LogP contribution in [0, 0.1) is 3.57 Å². The summed E-state index contributed by atoms with van der Waals surface area (Å²) in [5.41, 5.74) is 5.81. The molecule has 1 aromatic heterocycles. The molecule has 0 radical (unpaired) electrons. The summed E-state index contributed by atoms with van der Waals surface area (Å²) < 4.78 is 1.02. The Morgan fingerprint density at radius 2 is 2.38 bits per heavy atom. The van der Waals surface area contributed by atoms with Gasteiger partial charge in [-0.2, -0.15) is 0 Å². The molecule has 4 nitrogen and oxygen atoms in total. The Labute approximate surface area is 96.2 Å². The minimum absolute atomic E-state index is 0. The van der Waals surface area contributed by atoms with Gasteiger partial charge in [0.25, 0.3) is 5.91 Å². The van der Waals surface area contributed by atoms with Crippen LogP contribution in [-0.4, -0.2) is 24.0 Å². The largest absolute Gasteiger partial charge is 0.356 e. The van der Waals surface area contributed by atoms with Crippen LogP contribution in [0.5, 0.6) is 0 Å². The predicted molar refractivity (Wildman–Crippen MR) is 62.1 cm³/mol. The van der Waals surface area contributed by atoms with Crippen molar-refractivity contribution in [3.05, 3.63) is 21.5 Å². The number of amides is 1. The second-order valence-corrected chi connectivity index (χ2v) is 3.52. The van der Waals surface area contributed by atoms with Crippen LogP contribution < -0.4 is 11.1 Å². The third-order valence-corrected chi connectivity index (χ3v) is 1.95. The summed E-state index contributed by atoms with van der Waals surface area (Å²) in [4.78, 5) is 14.1. The fourth-order valence-electron chi connectivity index (χ4n) is 0.780. The molecule has 0 bridgehead atoms. The van der Waals surface area contributed by atoms with Gasteiger partial charge in [0.1, 0.15) is 5.69 Å². The van der Waals surface area contributed by atoms with E-state index in [0.717, 1.165) is 3.57 Å². The summed E-state index contributed by atoms with van der Waals surface area (Å²) in [6.07, 6.45) is 1.78. The van der Waals surface area contributed by atoms with E-state index in [2.05, 4.69) is 32.9 Å². The van der Waals surface area contributed by atoms with E-state index in [9.17, 15) is 4.79 Å². The number of halogens is 2. The fraction of sp³-hybridized carbons (Fsp3) is 0.286. The highest BCUT2D eigenvalue weighted by atomic mass is 127. The Hall–Kier alpha value is -0.270. The molecule has 74 valence electrons. The van der Waals surface area contributed by atoms with Crippen LogP contribution in [0.4, 0.5) is 0 Å². The van der Waals surface area contributed by atoms with Crippen molar-refractivity contribution in [2.75, 3.05) is 13.1 Å². The summed E-state index contributed by atoms with van der Waals surface area (Å²) in [7, 11) is 0. The monoisotopic (exact) mass is 315 g/mol. The molecule has 6 heteroatoms. The second-order valence-electron chi connectivity index (χ2n) is 2.28. The van der Waals surface area contributed by atoms with Gasteiger partial charge in [-0.25, -0.2) is 0 Å². The van der Waals surface area contributed by atoms with Crippen molar-refractivity contribution >= 4 is 40.9 Å². The van der Waals surface area contributed by atoms with Crippen molar-refractivity contribution in [2.45, 2.75) is 0 Å². The quantitative estimate of drug-likeness (QED) is 0.720. The van der Waals surface area contributed by atoms with Gasteiger partial charge in [-0.3, -0.25) is 4.79 Å². The van der Waals surface area contributed by atoms with Crippen LogP contribution in [0.2, 0.25) is 0 Å². The average molecular weight is 316 g/mol. The molecule has 1 rings (SSSR count). The number of nitrogens with one attached hydrogen (secondary N) is 2. The zero-order valence-electron chi connectivity index (χ0n) is 6.84. The molecule has 0 saturated carbocycles. The minimum Gasteiger partial charge on any atom is -0.356 e. The molecular weight excluding hydrogens is 304 g/mol. The van der Waals surface area contributed by atoms with Crippen LogP contribution in [0.3, 0.4) is 0 Å². The van der Waals surface area contributed by atoms with E-state index in [1.807, 2.05) is 0 Å². The smallest absolute Gasteiger partial charge is 0.267 e. The maximum atomic E-state index is 11.2. The van der Waals surface area contributed by atoms with E-state index in [1.165, 1.54) is 0 Å². The molecule has 0 aliphatic rings. The lowest BCUT2D eigenvalue weighted by molar-refractivity contribution is 0.0950. The van der Waals surface area contributed by atoms with Gasteiger partial charge in [0, 0.05) is 22.9 Å². The molecular formula is C7H11ClIN3O. The Kier molecular flexibility index (Phi) is 6.10. The summed E-state index contributed by atoms with van der Waals surface area (Å²) in [6.45, 7) is 0.970. The molecule has 0 saturated heterocycles. The summed E-state index contributed by atoms with van der Waals surface area (Å²) in [6, 6.07) is 1.78. The zero-order valence-corrected chi connectivity index (χ0v) is 9.81. The van der Waals surface area contributed by atoms with E-state index in [-0.39, 0.29) is 18.3 Å². The number of rotatable bonds is 3. The van der Waals surface area contributed by atoms with Gasteiger partial charge >= 0.3 is 0 Å². The molecule has 0 aromatic carbocycles. The Morgan fingerprint density at radius 3 is 2.85 bits per heavy atom. The molecule has 1 aromatic rings. The standard InChI is InChI=1S/C7H10IN3O.ClH/c8-5-3-6(11-4-5)7(12)10-2-1-9;/h3-4,11H,1-2,9H2,(H,10,12);1H. The maximum Gasteiger partial charge on any atom is 0.267 e. The molecule has 1 heterocycles. The van der Waals surface area contributed by atoms with Crippen molar-refractivity contribution in [2.24, 2.45) is 5.73 Å². The highest BCUT2D eigenvalue weighted by Gasteiger charge is 2.05. The van der Waals surface area contributed by atoms with Crippen LogP contribution >= 0.6 is 35.0 Å². The van der Waals surface area contributed by atoms with Crippen LogP contribution in [0.25, 0.3) is 0 Å². The topological polar surface area (TPSA) is 70.9 Å². The molecule has 0 aliphatic heterocycles. The van der Waals surface area contributed by atoms with Crippen molar-refractivity contribution in [1.29, 1.82) is 0 Å². The lowest BCUT2D eigenvalue weighted by Crippen LogP contribution is -2.29. The van der Waals surface area contributed by atoms with Gasteiger partial charge in [-0.15, -0.1) is 12.4 Å². The van der Waals surface area contributed by atoms with Crippen LogP contribution in [0.1, 0.15) is 10.5 Å². The van der Waals surface area contributed by atoms with E-state index < -0.39 is 0 Å². The SMILES string of the molecule is Cl.NCCNC(=O)c1cc(I)c[nH]1. The van der Waals surface area contributed by atoms with Crippen molar-refractivity contribution in [3.8, 4) is 0 Å². The first kappa shape index (κ1) is 12.7. The lowest BCUT2D eigenvalue weighted by Gasteiger charge is -1.99. The Morgan fingerprint density at radius 1 is 1.69 bits per heavy atom. The van der Waals surface area contributed by atoms with Gasteiger partial charge in [0.15, 0.2) is 0 Å². The van der Waals surface area contributed by atoms with Gasteiger partial charge in [-0.1, -0.05) is 0 Å². The third-order valence-electron chi connectivity index (χ3n) is 1.32. The number of carbonyl (C=O) groups excluding carboxylic acids is 1. The average Bonchev–Trinajstić information content (AvgIpc) is 2.47. The number of carbonyl (C=O) groups is 1. The highest BCUT2D eigenvalue weighted by Crippen LogP contribution is 2.05.